The minimum Gasteiger partial charge on any atom is -0.496 e. The summed E-state index contributed by atoms with van der Waals surface area (Å²) in [5.41, 5.74) is 1.20. The minimum atomic E-state index is -2.81. The molecule has 0 aliphatic rings. The van der Waals surface area contributed by atoms with Gasteiger partial charge in [0.25, 0.3) is 6.43 Å². The number of carbonyl (C=O) groups is 1. The van der Waals surface area contributed by atoms with Gasteiger partial charge in [-0.15, -0.1) is 0 Å². The molecule has 0 amide bonds. The third kappa shape index (κ3) is 4.22. The highest BCUT2D eigenvalue weighted by atomic mass is 32.1. The summed E-state index contributed by atoms with van der Waals surface area (Å²) in [6.45, 7) is 1.32. The number of methoxy groups -OCH3 is 1. The lowest BCUT2D eigenvalue weighted by atomic mass is 10.1. The van der Waals surface area contributed by atoms with Crippen LogP contribution in [0.3, 0.4) is 0 Å². The quantitative estimate of drug-likeness (QED) is 0.489. The average molecular weight is 356 g/mol. The summed E-state index contributed by atoms with van der Waals surface area (Å²) in [5, 5.41) is 9.60. The van der Waals surface area contributed by atoms with Crippen LogP contribution in [-0.2, 0) is 16.1 Å². The van der Waals surface area contributed by atoms with Gasteiger partial charge in [-0.1, -0.05) is 0 Å². The molecule has 0 radical (unpaired) electrons. The highest BCUT2D eigenvalue weighted by molar-refractivity contribution is 7.71. The van der Waals surface area contributed by atoms with Gasteiger partial charge in [-0.05, 0) is 36.0 Å². The first-order valence-corrected chi connectivity index (χ1v) is 7.13. The molecular weight excluding hydrogens is 342 g/mol. The summed E-state index contributed by atoms with van der Waals surface area (Å²) in [4.78, 5) is 10.9. The molecule has 1 aromatic carbocycles. The Labute approximate surface area is 140 Å². The number of nitrogens with one attached hydrogen (secondary N) is 1. The van der Waals surface area contributed by atoms with Crippen molar-refractivity contribution in [3.63, 3.8) is 0 Å². The zero-order valence-corrected chi connectivity index (χ0v) is 13.6. The van der Waals surface area contributed by atoms with E-state index in [9.17, 15) is 13.6 Å². The van der Waals surface area contributed by atoms with Gasteiger partial charge in [0.1, 0.15) is 12.4 Å². The van der Waals surface area contributed by atoms with Gasteiger partial charge in [0.05, 0.1) is 13.3 Å². The normalized spacial score (nSPS) is 11.2. The first-order chi connectivity index (χ1) is 11.4. The summed E-state index contributed by atoms with van der Waals surface area (Å²) in [7, 11) is 1.49. The summed E-state index contributed by atoms with van der Waals surface area (Å²) < 4.78 is 36.6. The number of aromatic nitrogens is 3. The van der Waals surface area contributed by atoms with E-state index < -0.39 is 18.2 Å². The van der Waals surface area contributed by atoms with Crippen LogP contribution in [0.2, 0.25) is 0 Å². The highest BCUT2D eigenvalue weighted by Gasteiger charge is 2.16. The maximum Gasteiger partial charge on any atom is 0.302 e. The number of alkyl halides is 2. The Kier molecular flexibility index (Phi) is 5.74. The van der Waals surface area contributed by atoms with Crippen molar-refractivity contribution in [2.24, 2.45) is 5.10 Å². The lowest BCUT2D eigenvalue weighted by Gasteiger charge is -2.09. The van der Waals surface area contributed by atoms with Crippen molar-refractivity contribution in [2.45, 2.75) is 20.0 Å². The molecule has 128 valence electrons. The van der Waals surface area contributed by atoms with Crippen LogP contribution < -0.4 is 4.74 Å². The minimum absolute atomic E-state index is 0.0214. The molecule has 0 atom stereocenters. The van der Waals surface area contributed by atoms with Gasteiger partial charge in [0.2, 0.25) is 10.6 Å². The predicted molar refractivity (Wildman–Crippen MR) is 83.8 cm³/mol. The van der Waals surface area contributed by atoms with Gasteiger partial charge in [0.15, 0.2) is 0 Å². The van der Waals surface area contributed by atoms with Crippen molar-refractivity contribution in [2.75, 3.05) is 7.11 Å². The average Bonchev–Trinajstić information content (AvgIpc) is 2.92. The molecule has 0 aliphatic carbocycles. The molecule has 0 bridgehead atoms. The van der Waals surface area contributed by atoms with Gasteiger partial charge in [0, 0.05) is 12.5 Å². The van der Waals surface area contributed by atoms with Crippen LogP contribution in [0.5, 0.6) is 5.75 Å². The SMILES string of the molecule is COc1ccc(/C=N\n2c(C(F)F)n[nH]c2=S)cc1COC(C)=O. The molecule has 0 fully saturated rings. The van der Waals surface area contributed by atoms with E-state index >= 15 is 0 Å². The van der Waals surface area contributed by atoms with Gasteiger partial charge in [-0.3, -0.25) is 4.79 Å². The van der Waals surface area contributed by atoms with E-state index in [0.717, 1.165) is 4.68 Å². The largest absolute Gasteiger partial charge is 0.496 e. The van der Waals surface area contributed by atoms with E-state index in [1.165, 1.54) is 20.2 Å². The van der Waals surface area contributed by atoms with E-state index in [4.69, 9.17) is 21.7 Å². The Balaban J connectivity index is 2.30. The summed E-state index contributed by atoms with van der Waals surface area (Å²) >= 11 is 4.86. The number of aromatic amines is 1. The topological polar surface area (TPSA) is 81.5 Å². The number of rotatable bonds is 6. The number of carbonyl (C=O) groups excluding carboxylic acids is 1. The second kappa shape index (κ2) is 7.77. The number of hydrogen-bond acceptors (Lipinski definition) is 6. The number of ether oxygens (including phenoxy) is 2. The molecule has 0 unspecified atom stereocenters. The zero-order valence-electron chi connectivity index (χ0n) is 12.8. The molecule has 1 N–H and O–H groups in total. The van der Waals surface area contributed by atoms with Crippen LogP contribution in [0.1, 0.15) is 30.3 Å². The fourth-order valence-electron chi connectivity index (χ4n) is 1.85. The van der Waals surface area contributed by atoms with Crippen molar-refractivity contribution in [1.82, 2.24) is 14.9 Å². The molecule has 1 aromatic heterocycles. The molecule has 0 spiro atoms. The number of H-pyrrole nitrogens is 1. The second-order valence-electron chi connectivity index (χ2n) is 4.60. The van der Waals surface area contributed by atoms with Gasteiger partial charge < -0.3 is 9.47 Å². The van der Waals surface area contributed by atoms with Crippen LogP contribution in [-0.4, -0.2) is 34.2 Å². The maximum atomic E-state index is 12.8. The molecule has 1 heterocycles. The summed E-state index contributed by atoms with van der Waals surface area (Å²) in [6.07, 6.45) is -1.47. The van der Waals surface area contributed by atoms with Crippen LogP contribution in [0.4, 0.5) is 8.78 Å². The molecule has 0 saturated carbocycles. The Morgan fingerprint density at radius 1 is 1.54 bits per heavy atom. The maximum absolute atomic E-state index is 12.8. The molecule has 24 heavy (non-hydrogen) atoms. The number of benzene rings is 1. The Hall–Kier alpha value is -2.62. The standard InChI is InChI=1S/C14H14F2N4O3S/c1-8(21)23-7-10-5-9(3-4-11(10)22-2)6-17-20-13(12(15)16)18-19-14(20)24/h3-6,12H,7H2,1-2H3,(H,19,24)/b17-6-. The van der Waals surface area contributed by atoms with Crippen molar-refractivity contribution in [3.8, 4) is 5.75 Å². The first-order valence-electron chi connectivity index (χ1n) is 6.72. The first kappa shape index (κ1) is 17.7. The fourth-order valence-corrected chi connectivity index (χ4v) is 2.04. The molecule has 2 rings (SSSR count). The number of halogens is 2. The van der Waals surface area contributed by atoms with Crippen LogP contribution in [0.25, 0.3) is 0 Å². The molecule has 10 heteroatoms. The summed E-state index contributed by atoms with van der Waals surface area (Å²) in [6, 6.07) is 4.99. The third-order valence-electron chi connectivity index (χ3n) is 2.93. The van der Waals surface area contributed by atoms with Crippen LogP contribution >= 0.6 is 12.2 Å². The van der Waals surface area contributed by atoms with Crippen molar-refractivity contribution in [3.05, 3.63) is 39.9 Å². The van der Waals surface area contributed by atoms with Crippen LogP contribution in [0, 0.1) is 4.77 Å². The van der Waals surface area contributed by atoms with E-state index in [-0.39, 0.29) is 11.4 Å². The lowest BCUT2D eigenvalue weighted by Crippen LogP contribution is -2.02. The number of nitrogens with zero attached hydrogens (tertiary/aromatic N) is 3. The lowest BCUT2D eigenvalue weighted by molar-refractivity contribution is -0.142. The Bertz CT molecular complexity index is 817. The van der Waals surface area contributed by atoms with Crippen molar-refractivity contribution >= 4 is 24.4 Å². The van der Waals surface area contributed by atoms with E-state index in [0.29, 0.717) is 16.9 Å². The molecule has 0 saturated heterocycles. The Morgan fingerprint density at radius 3 is 2.92 bits per heavy atom. The van der Waals surface area contributed by atoms with Crippen molar-refractivity contribution in [1.29, 1.82) is 0 Å². The van der Waals surface area contributed by atoms with E-state index in [1.807, 2.05) is 0 Å². The molecule has 7 nitrogen and oxygen atoms in total. The number of hydrogen-bond donors (Lipinski definition) is 1. The predicted octanol–water partition coefficient (Wildman–Crippen LogP) is 2.83. The molecule has 2 aromatic rings. The van der Waals surface area contributed by atoms with Crippen LogP contribution in [0.15, 0.2) is 23.3 Å². The molecular formula is C14H14F2N4O3S. The number of esters is 1. The summed E-state index contributed by atoms with van der Waals surface area (Å²) in [5.74, 6) is -0.478. The van der Waals surface area contributed by atoms with E-state index in [1.54, 1.807) is 18.2 Å². The van der Waals surface area contributed by atoms with E-state index in [2.05, 4.69) is 15.3 Å². The zero-order chi connectivity index (χ0) is 17.7. The van der Waals surface area contributed by atoms with Gasteiger partial charge in [-0.2, -0.15) is 14.9 Å². The highest BCUT2D eigenvalue weighted by Crippen LogP contribution is 2.21. The molecule has 0 aliphatic heterocycles. The monoisotopic (exact) mass is 356 g/mol. The van der Waals surface area contributed by atoms with Gasteiger partial charge in [-0.25, -0.2) is 13.9 Å². The fraction of sp³-hybridized carbons (Fsp3) is 0.286. The third-order valence-corrected chi connectivity index (χ3v) is 3.19. The second-order valence-corrected chi connectivity index (χ2v) is 4.98. The van der Waals surface area contributed by atoms with Crippen molar-refractivity contribution < 1.29 is 23.0 Å². The Morgan fingerprint density at radius 2 is 2.29 bits per heavy atom. The smallest absolute Gasteiger partial charge is 0.302 e. The van der Waals surface area contributed by atoms with Gasteiger partial charge >= 0.3 is 5.97 Å².